The number of ether oxygens (including phenoxy) is 2. The average Bonchev–Trinajstić information content (AvgIpc) is 2.38. The molecule has 1 heterocycles. The van der Waals surface area contributed by atoms with Gasteiger partial charge in [-0.3, -0.25) is 10.3 Å². The van der Waals surface area contributed by atoms with Crippen molar-refractivity contribution in [2.24, 2.45) is 5.73 Å². The molecular weight excluding hydrogens is 242 g/mol. The third-order valence-electron chi connectivity index (χ3n) is 3.29. The Labute approximate surface area is 113 Å². The third-order valence-corrected chi connectivity index (χ3v) is 3.29. The first kappa shape index (κ1) is 13.8. The largest absolute Gasteiger partial charge is 0.496 e. The van der Waals surface area contributed by atoms with Crippen LogP contribution in [-0.4, -0.2) is 43.6 Å². The summed E-state index contributed by atoms with van der Waals surface area (Å²) in [6.45, 7) is 5.62. The van der Waals surface area contributed by atoms with Crippen LogP contribution in [0.25, 0.3) is 0 Å². The minimum Gasteiger partial charge on any atom is -0.496 e. The number of nitrogens with two attached hydrogens (primary N) is 1. The Kier molecular flexibility index (Phi) is 4.39. The van der Waals surface area contributed by atoms with Gasteiger partial charge in [-0.05, 0) is 24.6 Å². The summed E-state index contributed by atoms with van der Waals surface area (Å²) in [4.78, 5) is 2.36. The predicted molar refractivity (Wildman–Crippen MR) is 74.7 cm³/mol. The van der Waals surface area contributed by atoms with Gasteiger partial charge in [0.2, 0.25) is 0 Å². The maximum Gasteiger partial charge on any atom is 0.130 e. The summed E-state index contributed by atoms with van der Waals surface area (Å²) in [5, 5.41) is 7.50. The molecule has 1 aliphatic rings. The van der Waals surface area contributed by atoms with Gasteiger partial charge < -0.3 is 15.2 Å². The number of morpholine rings is 1. The number of methoxy groups -OCH3 is 1. The van der Waals surface area contributed by atoms with Crippen LogP contribution in [0, 0.1) is 5.41 Å². The summed E-state index contributed by atoms with van der Waals surface area (Å²) in [5.74, 6) is 0.690. The van der Waals surface area contributed by atoms with Crippen molar-refractivity contribution in [1.29, 1.82) is 5.41 Å². The highest BCUT2D eigenvalue weighted by Crippen LogP contribution is 2.21. The lowest BCUT2D eigenvalue weighted by Gasteiger charge is -2.31. The van der Waals surface area contributed by atoms with Crippen LogP contribution in [0.5, 0.6) is 5.75 Å². The van der Waals surface area contributed by atoms with E-state index in [2.05, 4.69) is 11.8 Å². The number of hydrogen-bond donors (Lipinski definition) is 2. The number of nitrogen functional groups attached to an aromatic ring is 1. The quantitative estimate of drug-likeness (QED) is 0.632. The number of rotatable bonds is 4. The van der Waals surface area contributed by atoms with E-state index in [-0.39, 0.29) is 11.9 Å². The predicted octanol–water partition coefficient (Wildman–Crippen LogP) is 1.20. The van der Waals surface area contributed by atoms with Gasteiger partial charge in [0.25, 0.3) is 0 Å². The standard InChI is InChI=1S/C14H21N3O2/c1-10-8-17(5-6-19-10)9-11-3-4-12(14(15)16)13(7-11)18-2/h3-4,7,10H,5-6,8-9H2,1-2H3,(H3,15,16). The Hall–Kier alpha value is -1.59. The van der Waals surface area contributed by atoms with E-state index >= 15 is 0 Å². The maximum absolute atomic E-state index is 7.50. The normalized spacial score (nSPS) is 20.2. The first-order valence-electron chi connectivity index (χ1n) is 6.45. The van der Waals surface area contributed by atoms with Gasteiger partial charge >= 0.3 is 0 Å². The highest BCUT2D eigenvalue weighted by atomic mass is 16.5. The second-order valence-electron chi connectivity index (χ2n) is 4.86. The van der Waals surface area contributed by atoms with E-state index in [1.54, 1.807) is 7.11 Å². The van der Waals surface area contributed by atoms with Crippen molar-refractivity contribution in [3.05, 3.63) is 29.3 Å². The van der Waals surface area contributed by atoms with Crippen LogP contribution in [-0.2, 0) is 11.3 Å². The lowest BCUT2D eigenvalue weighted by molar-refractivity contribution is -0.0212. The first-order valence-corrected chi connectivity index (χ1v) is 6.45. The van der Waals surface area contributed by atoms with E-state index in [0.717, 1.165) is 31.8 Å². The fourth-order valence-corrected chi connectivity index (χ4v) is 2.35. The maximum atomic E-state index is 7.50. The zero-order valence-corrected chi connectivity index (χ0v) is 11.5. The molecule has 0 aliphatic carbocycles. The van der Waals surface area contributed by atoms with E-state index < -0.39 is 0 Å². The summed E-state index contributed by atoms with van der Waals surface area (Å²) in [6, 6.07) is 5.80. The van der Waals surface area contributed by atoms with Crippen molar-refractivity contribution in [2.75, 3.05) is 26.8 Å². The molecular formula is C14H21N3O2. The van der Waals surface area contributed by atoms with E-state index in [4.69, 9.17) is 20.6 Å². The Morgan fingerprint density at radius 1 is 1.58 bits per heavy atom. The minimum atomic E-state index is 0.0309. The van der Waals surface area contributed by atoms with Gasteiger partial charge in [-0.2, -0.15) is 0 Å². The monoisotopic (exact) mass is 263 g/mol. The Bertz CT molecular complexity index is 462. The Balaban J connectivity index is 2.10. The van der Waals surface area contributed by atoms with Crippen molar-refractivity contribution >= 4 is 5.84 Å². The number of nitrogens with one attached hydrogen (secondary N) is 1. The van der Waals surface area contributed by atoms with E-state index in [9.17, 15) is 0 Å². The van der Waals surface area contributed by atoms with Crippen LogP contribution in [0.3, 0.4) is 0 Å². The molecule has 0 spiro atoms. The van der Waals surface area contributed by atoms with E-state index in [1.807, 2.05) is 18.2 Å². The smallest absolute Gasteiger partial charge is 0.130 e. The van der Waals surface area contributed by atoms with Crippen molar-refractivity contribution < 1.29 is 9.47 Å². The van der Waals surface area contributed by atoms with Crippen LogP contribution in [0.4, 0.5) is 0 Å². The molecule has 19 heavy (non-hydrogen) atoms. The molecule has 1 saturated heterocycles. The van der Waals surface area contributed by atoms with Gasteiger partial charge in [-0.15, -0.1) is 0 Å². The lowest BCUT2D eigenvalue weighted by Crippen LogP contribution is -2.40. The molecule has 5 heteroatoms. The summed E-state index contributed by atoms with van der Waals surface area (Å²) in [7, 11) is 1.60. The zero-order chi connectivity index (χ0) is 13.8. The van der Waals surface area contributed by atoms with Crippen molar-refractivity contribution in [1.82, 2.24) is 4.90 Å². The molecule has 1 aromatic carbocycles. The van der Waals surface area contributed by atoms with E-state index in [1.165, 1.54) is 0 Å². The van der Waals surface area contributed by atoms with Crippen LogP contribution in [0.2, 0.25) is 0 Å². The fraction of sp³-hybridized carbons (Fsp3) is 0.500. The van der Waals surface area contributed by atoms with Crippen molar-refractivity contribution in [3.63, 3.8) is 0 Å². The molecule has 0 bridgehead atoms. The second kappa shape index (κ2) is 6.04. The van der Waals surface area contributed by atoms with Gasteiger partial charge in [0.05, 0.1) is 25.4 Å². The first-order chi connectivity index (χ1) is 9.10. The zero-order valence-electron chi connectivity index (χ0n) is 11.5. The van der Waals surface area contributed by atoms with Gasteiger partial charge in [0.15, 0.2) is 0 Å². The van der Waals surface area contributed by atoms with Gasteiger partial charge in [-0.25, -0.2) is 0 Å². The van der Waals surface area contributed by atoms with Crippen LogP contribution >= 0.6 is 0 Å². The molecule has 5 nitrogen and oxygen atoms in total. The SMILES string of the molecule is COc1cc(CN2CCOC(C)C2)ccc1C(=N)N. The second-order valence-corrected chi connectivity index (χ2v) is 4.86. The Morgan fingerprint density at radius 2 is 2.37 bits per heavy atom. The molecule has 0 saturated carbocycles. The number of amidine groups is 1. The highest BCUT2D eigenvalue weighted by molar-refractivity contribution is 5.97. The molecule has 1 unspecified atom stereocenters. The molecule has 2 rings (SSSR count). The number of hydrogen-bond acceptors (Lipinski definition) is 4. The molecule has 1 aliphatic heterocycles. The highest BCUT2D eigenvalue weighted by Gasteiger charge is 2.17. The van der Waals surface area contributed by atoms with Crippen LogP contribution < -0.4 is 10.5 Å². The summed E-state index contributed by atoms with van der Waals surface area (Å²) >= 11 is 0. The topological polar surface area (TPSA) is 71.6 Å². The summed E-state index contributed by atoms with van der Waals surface area (Å²) < 4.78 is 10.8. The van der Waals surface area contributed by atoms with Crippen molar-refractivity contribution in [3.8, 4) is 5.75 Å². The third kappa shape index (κ3) is 3.45. The fourth-order valence-electron chi connectivity index (χ4n) is 2.35. The molecule has 0 aromatic heterocycles. The van der Waals surface area contributed by atoms with Crippen molar-refractivity contribution in [2.45, 2.75) is 19.6 Å². The molecule has 0 radical (unpaired) electrons. The summed E-state index contributed by atoms with van der Waals surface area (Å²) in [6.07, 6.45) is 0.284. The molecule has 1 aromatic rings. The number of nitrogens with zero attached hydrogens (tertiary/aromatic N) is 1. The molecule has 1 atom stereocenters. The minimum absolute atomic E-state index is 0.0309. The van der Waals surface area contributed by atoms with Gasteiger partial charge in [0, 0.05) is 19.6 Å². The lowest BCUT2D eigenvalue weighted by atomic mass is 10.1. The van der Waals surface area contributed by atoms with Crippen LogP contribution in [0.15, 0.2) is 18.2 Å². The molecule has 0 amide bonds. The van der Waals surface area contributed by atoms with Crippen LogP contribution in [0.1, 0.15) is 18.1 Å². The summed E-state index contributed by atoms with van der Waals surface area (Å²) in [5.41, 5.74) is 7.32. The van der Waals surface area contributed by atoms with Gasteiger partial charge in [-0.1, -0.05) is 6.07 Å². The van der Waals surface area contributed by atoms with E-state index in [0.29, 0.717) is 11.3 Å². The molecule has 104 valence electrons. The molecule has 1 fully saturated rings. The number of benzene rings is 1. The Morgan fingerprint density at radius 3 is 3.00 bits per heavy atom. The molecule has 3 N–H and O–H groups in total. The van der Waals surface area contributed by atoms with Gasteiger partial charge in [0.1, 0.15) is 11.6 Å². The average molecular weight is 263 g/mol.